The fraction of sp³-hybridized carbons (Fsp3) is 0.615. The number of hydrogen-bond acceptors (Lipinski definition) is 5. The molecule has 6 nitrogen and oxygen atoms in total. The molecule has 0 saturated heterocycles. The van der Waals surface area contributed by atoms with Gasteiger partial charge < -0.3 is 5.43 Å². The predicted octanol–water partition coefficient (Wildman–Crippen LogP) is 1.86. The van der Waals surface area contributed by atoms with Gasteiger partial charge in [0.15, 0.2) is 0 Å². The summed E-state index contributed by atoms with van der Waals surface area (Å²) in [6.45, 7) is 9.93. The van der Waals surface area contributed by atoms with Gasteiger partial charge in [0.05, 0.1) is 5.69 Å². The van der Waals surface area contributed by atoms with Gasteiger partial charge in [0.25, 0.3) is 0 Å². The number of nitrogens with zero attached hydrogens (tertiary/aromatic N) is 1. The molecule has 0 atom stereocenters. The molecule has 0 aromatic carbocycles. The number of sulfonamides is 1. The summed E-state index contributed by atoms with van der Waals surface area (Å²) in [5.74, 6) is 5.34. The van der Waals surface area contributed by atoms with E-state index in [0.717, 1.165) is 0 Å². The Morgan fingerprint density at radius 3 is 2.35 bits per heavy atom. The topological polar surface area (TPSA) is 97.1 Å². The maximum Gasteiger partial charge on any atom is 0.244 e. The van der Waals surface area contributed by atoms with Crippen LogP contribution < -0.4 is 16.0 Å². The van der Waals surface area contributed by atoms with Gasteiger partial charge >= 0.3 is 0 Å². The Labute approximate surface area is 121 Å². The van der Waals surface area contributed by atoms with Crippen molar-refractivity contribution in [3.63, 3.8) is 0 Å². The van der Waals surface area contributed by atoms with Crippen molar-refractivity contribution in [2.75, 3.05) is 5.43 Å². The van der Waals surface area contributed by atoms with E-state index < -0.39 is 15.6 Å². The Hall–Kier alpha value is -1.18. The first-order valence-electron chi connectivity index (χ1n) is 6.41. The first kappa shape index (κ1) is 16.9. The minimum atomic E-state index is -3.69. The number of nitrogens with one attached hydrogen (secondary N) is 2. The number of nitrogen functional groups attached to an aromatic ring is 1. The Bertz CT molecular complexity index is 562. The van der Waals surface area contributed by atoms with Gasteiger partial charge in [-0.2, -0.15) is 0 Å². The Kier molecular flexibility index (Phi) is 4.78. The number of nitrogens with two attached hydrogens (primary N) is 1. The van der Waals surface area contributed by atoms with Gasteiger partial charge in [0.1, 0.15) is 4.90 Å². The second kappa shape index (κ2) is 5.67. The molecule has 114 valence electrons. The molecule has 0 spiro atoms. The quantitative estimate of drug-likeness (QED) is 0.569. The summed E-state index contributed by atoms with van der Waals surface area (Å²) in [4.78, 5) is 3.90. The third-order valence-corrected chi connectivity index (χ3v) is 4.34. The molecule has 1 aromatic heterocycles. The van der Waals surface area contributed by atoms with E-state index in [2.05, 4.69) is 35.9 Å². The lowest BCUT2D eigenvalue weighted by molar-refractivity contribution is 0.269. The SMILES string of the molecule is CC(C)(C)CC(C)(C)NS(=O)(=O)c1cnccc1NN. The predicted molar refractivity (Wildman–Crippen MR) is 80.5 cm³/mol. The third-order valence-electron chi connectivity index (χ3n) is 2.61. The highest BCUT2D eigenvalue weighted by atomic mass is 32.2. The third kappa shape index (κ3) is 4.73. The largest absolute Gasteiger partial charge is 0.323 e. The van der Waals surface area contributed by atoms with Gasteiger partial charge in [-0.15, -0.1) is 0 Å². The maximum atomic E-state index is 12.5. The summed E-state index contributed by atoms with van der Waals surface area (Å²) in [6.07, 6.45) is 3.46. The van der Waals surface area contributed by atoms with Gasteiger partial charge in [-0.1, -0.05) is 20.8 Å². The Balaban J connectivity index is 3.06. The second-order valence-electron chi connectivity index (χ2n) is 6.74. The molecule has 0 aliphatic rings. The lowest BCUT2D eigenvalue weighted by Crippen LogP contribution is -2.45. The van der Waals surface area contributed by atoms with Crippen molar-refractivity contribution < 1.29 is 8.42 Å². The number of pyridine rings is 1. The lowest BCUT2D eigenvalue weighted by atomic mass is 9.82. The fourth-order valence-electron chi connectivity index (χ4n) is 2.49. The zero-order chi connectivity index (χ0) is 15.6. The molecule has 4 N–H and O–H groups in total. The zero-order valence-corrected chi connectivity index (χ0v) is 13.5. The Morgan fingerprint density at radius 2 is 1.85 bits per heavy atom. The van der Waals surface area contributed by atoms with Crippen LogP contribution in [0.25, 0.3) is 0 Å². The van der Waals surface area contributed by atoms with Crippen LogP contribution in [0.3, 0.4) is 0 Å². The molecular formula is C13H24N4O2S. The molecule has 20 heavy (non-hydrogen) atoms. The van der Waals surface area contributed by atoms with E-state index in [-0.39, 0.29) is 10.3 Å². The summed E-state index contributed by atoms with van der Waals surface area (Å²) in [5.41, 5.74) is 2.13. The molecule has 0 saturated carbocycles. The van der Waals surface area contributed by atoms with E-state index in [1.165, 1.54) is 18.5 Å². The minimum Gasteiger partial charge on any atom is -0.323 e. The van der Waals surface area contributed by atoms with Crippen LogP contribution in [0.1, 0.15) is 41.0 Å². The first-order valence-corrected chi connectivity index (χ1v) is 7.90. The van der Waals surface area contributed by atoms with Crippen LogP contribution in [0.5, 0.6) is 0 Å². The highest BCUT2D eigenvalue weighted by Gasteiger charge is 2.31. The number of aromatic nitrogens is 1. The normalized spacial score (nSPS) is 13.3. The van der Waals surface area contributed by atoms with Gasteiger partial charge in [-0.05, 0) is 31.7 Å². The number of hydrazine groups is 1. The molecular weight excluding hydrogens is 276 g/mol. The van der Waals surface area contributed by atoms with Crippen LogP contribution >= 0.6 is 0 Å². The molecule has 1 rings (SSSR count). The standard InChI is InChI=1S/C13H24N4O2S/c1-12(2,3)9-13(4,5)17-20(18,19)11-8-15-7-6-10(11)16-14/h6-8,17H,9,14H2,1-5H3,(H,15,16). The van der Waals surface area contributed by atoms with Gasteiger partial charge in [-0.25, -0.2) is 13.1 Å². The van der Waals surface area contributed by atoms with Crippen molar-refractivity contribution in [2.24, 2.45) is 11.3 Å². The molecule has 0 aliphatic heterocycles. The number of hydrogen-bond donors (Lipinski definition) is 3. The molecule has 1 aromatic rings. The Morgan fingerprint density at radius 1 is 1.25 bits per heavy atom. The summed E-state index contributed by atoms with van der Waals surface area (Å²) < 4.78 is 27.7. The van der Waals surface area contributed by atoms with Gasteiger partial charge in [0.2, 0.25) is 10.0 Å². The molecule has 0 unspecified atom stereocenters. The smallest absolute Gasteiger partial charge is 0.244 e. The molecule has 0 radical (unpaired) electrons. The van der Waals surface area contributed by atoms with Crippen LogP contribution in [0, 0.1) is 5.41 Å². The van der Waals surface area contributed by atoms with E-state index >= 15 is 0 Å². The number of anilines is 1. The van der Waals surface area contributed by atoms with Crippen LogP contribution in [0.2, 0.25) is 0 Å². The highest BCUT2D eigenvalue weighted by molar-refractivity contribution is 7.89. The van der Waals surface area contributed by atoms with E-state index in [9.17, 15) is 8.42 Å². The molecule has 0 amide bonds. The average Bonchev–Trinajstić information content (AvgIpc) is 2.24. The van der Waals surface area contributed by atoms with E-state index in [0.29, 0.717) is 12.1 Å². The van der Waals surface area contributed by atoms with Crippen molar-refractivity contribution >= 4 is 15.7 Å². The van der Waals surface area contributed by atoms with E-state index in [1.807, 2.05) is 13.8 Å². The summed E-state index contributed by atoms with van der Waals surface area (Å²) in [6, 6.07) is 1.52. The highest BCUT2D eigenvalue weighted by Crippen LogP contribution is 2.29. The van der Waals surface area contributed by atoms with Gasteiger partial charge in [-0.3, -0.25) is 10.8 Å². The molecule has 1 heterocycles. The average molecular weight is 300 g/mol. The molecule has 0 aliphatic carbocycles. The van der Waals surface area contributed by atoms with Crippen LogP contribution in [0.4, 0.5) is 5.69 Å². The number of rotatable bonds is 5. The molecule has 0 fully saturated rings. The zero-order valence-electron chi connectivity index (χ0n) is 12.7. The molecule has 7 heteroatoms. The monoisotopic (exact) mass is 300 g/mol. The van der Waals surface area contributed by atoms with Crippen LogP contribution in [-0.4, -0.2) is 18.9 Å². The molecule has 0 bridgehead atoms. The first-order chi connectivity index (χ1) is 8.97. The van der Waals surface area contributed by atoms with Crippen molar-refractivity contribution in [1.29, 1.82) is 0 Å². The van der Waals surface area contributed by atoms with Crippen molar-refractivity contribution in [2.45, 2.75) is 51.5 Å². The summed E-state index contributed by atoms with van der Waals surface area (Å²) >= 11 is 0. The minimum absolute atomic E-state index is 0.00983. The van der Waals surface area contributed by atoms with Crippen molar-refractivity contribution in [3.05, 3.63) is 18.5 Å². The summed E-state index contributed by atoms with van der Waals surface area (Å²) in [7, 11) is -3.69. The van der Waals surface area contributed by atoms with E-state index in [1.54, 1.807) is 0 Å². The van der Waals surface area contributed by atoms with Crippen molar-refractivity contribution in [3.8, 4) is 0 Å². The maximum absolute atomic E-state index is 12.5. The lowest BCUT2D eigenvalue weighted by Gasteiger charge is -2.33. The second-order valence-corrected chi connectivity index (χ2v) is 8.39. The van der Waals surface area contributed by atoms with E-state index in [4.69, 9.17) is 5.84 Å². The fourth-order valence-corrected chi connectivity index (χ4v) is 4.02. The van der Waals surface area contributed by atoms with Crippen LogP contribution in [0.15, 0.2) is 23.4 Å². The van der Waals surface area contributed by atoms with Crippen molar-refractivity contribution in [1.82, 2.24) is 9.71 Å². The summed E-state index contributed by atoms with van der Waals surface area (Å²) in [5, 5.41) is 0. The van der Waals surface area contributed by atoms with Gasteiger partial charge in [0, 0.05) is 17.9 Å². The van der Waals surface area contributed by atoms with Crippen LogP contribution in [-0.2, 0) is 10.0 Å².